The molecule has 120 valence electrons. The first kappa shape index (κ1) is 22.2. The molecule has 0 amide bonds. The Balaban J connectivity index is 0. The number of quaternary nitrogens is 1. The van der Waals surface area contributed by atoms with Gasteiger partial charge >= 0.3 is 8.25 Å². The van der Waals surface area contributed by atoms with Crippen LogP contribution in [0, 0.1) is 0 Å². The van der Waals surface area contributed by atoms with Crippen molar-refractivity contribution in [1.82, 2.24) is 5.32 Å². The second-order valence-corrected chi connectivity index (χ2v) is 5.74. The molecule has 0 fully saturated rings. The van der Waals surface area contributed by atoms with Gasteiger partial charge in [0.2, 0.25) is 0 Å². The summed E-state index contributed by atoms with van der Waals surface area (Å²) in [6, 6.07) is 0. The number of rotatable bonds is 11. The zero-order valence-electron chi connectivity index (χ0n) is 12.6. The molecule has 20 heavy (non-hydrogen) atoms. The van der Waals surface area contributed by atoms with Crippen molar-refractivity contribution in [2.24, 2.45) is 0 Å². The van der Waals surface area contributed by atoms with Gasteiger partial charge in [-0.25, -0.2) is 0 Å². The third kappa shape index (κ3) is 30.7. The highest BCUT2D eigenvalue weighted by molar-refractivity contribution is 7.79. The van der Waals surface area contributed by atoms with E-state index in [2.05, 4.69) is 18.0 Å². The summed E-state index contributed by atoms with van der Waals surface area (Å²) in [5, 5.41) is 3.77. The van der Waals surface area contributed by atoms with E-state index in [-0.39, 0.29) is 0 Å². The van der Waals surface area contributed by atoms with E-state index in [1.165, 1.54) is 64.2 Å². The van der Waals surface area contributed by atoms with Gasteiger partial charge in [-0.3, -0.25) is 0 Å². The Morgan fingerprint density at radius 3 is 1.80 bits per heavy atom. The lowest BCUT2D eigenvalue weighted by molar-refractivity contribution is -0.215. The average molecular weight is 325 g/mol. The minimum Gasteiger partial charge on any atom is -0.567 e. The lowest BCUT2D eigenvalue weighted by Crippen LogP contribution is -2.62. The van der Waals surface area contributed by atoms with Gasteiger partial charge in [0.15, 0.2) is 0 Å². The number of hydrogen-bond donors (Lipinski definition) is 3. The maximum absolute atomic E-state index is 8.59. The van der Waals surface area contributed by atoms with Crippen molar-refractivity contribution < 1.29 is 20.1 Å². The van der Waals surface area contributed by atoms with Gasteiger partial charge in [0.1, 0.15) is 0 Å². The monoisotopic (exact) mass is 325 g/mol. The second kappa shape index (κ2) is 18.9. The molecule has 0 saturated heterocycles. The van der Waals surface area contributed by atoms with Crippen LogP contribution in [0.3, 0.4) is 0 Å². The lowest BCUT2D eigenvalue weighted by Gasteiger charge is -2.02. The highest BCUT2D eigenvalue weighted by atomic mass is 32.1. The van der Waals surface area contributed by atoms with E-state index in [0.717, 1.165) is 6.54 Å². The number of thiocarbonyl (C=S) groups is 1. The SMILES string of the molecule is CCCCCCCCCCCCNC([NH3+])=S.O=[P+]([O-])O. The summed E-state index contributed by atoms with van der Waals surface area (Å²) < 4.78 is 8.59. The Kier molecular flexibility index (Phi) is 20.9. The summed E-state index contributed by atoms with van der Waals surface area (Å²) in [6.45, 7) is 3.27. The molecule has 1 atom stereocenters. The molecule has 0 saturated carbocycles. The zero-order valence-corrected chi connectivity index (χ0v) is 14.3. The van der Waals surface area contributed by atoms with Gasteiger partial charge in [-0.15, -0.1) is 0 Å². The van der Waals surface area contributed by atoms with Crippen molar-refractivity contribution in [2.75, 3.05) is 6.54 Å². The molecule has 0 bridgehead atoms. The van der Waals surface area contributed by atoms with Crippen LogP contribution < -0.4 is 15.9 Å². The second-order valence-electron chi connectivity index (χ2n) is 4.77. The number of unbranched alkanes of at least 4 members (excludes halogenated alkanes) is 9. The van der Waals surface area contributed by atoms with Crippen molar-refractivity contribution in [3.8, 4) is 0 Å². The minimum atomic E-state index is -3.12. The standard InChI is InChI=1S/C13H28N2S.HO3P/c1-2-3-4-5-6-7-8-9-10-11-12-15-13(14)16;1-4(2)3/h2-12H2,1H3,(H3,14,15,16);(H,1,2,3)/p+1. The first-order chi connectivity index (χ1) is 9.50. The van der Waals surface area contributed by atoms with Gasteiger partial charge in [0.25, 0.3) is 5.11 Å². The van der Waals surface area contributed by atoms with Gasteiger partial charge < -0.3 is 15.9 Å². The molecular formula is C13H30N2O3PS+. The van der Waals surface area contributed by atoms with Crippen LogP contribution in [0.5, 0.6) is 0 Å². The highest BCUT2D eigenvalue weighted by Gasteiger charge is 1.93. The van der Waals surface area contributed by atoms with Gasteiger partial charge in [-0.1, -0.05) is 64.7 Å². The van der Waals surface area contributed by atoms with E-state index in [1.54, 1.807) is 0 Å². The van der Waals surface area contributed by atoms with Gasteiger partial charge in [0.05, 0.1) is 0 Å². The van der Waals surface area contributed by atoms with Crippen LogP contribution in [-0.2, 0) is 4.57 Å². The summed E-state index contributed by atoms with van der Waals surface area (Å²) >= 11 is 4.84. The van der Waals surface area contributed by atoms with Gasteiger partial charge in [-0.05, 0) is 11.0 Å². The minimum absolute atomic E-state index is 0.677. The molecule has 0 aromatic rings. The van der Waals surface area contributed by atoms with Crippen molar-refractivity contribution >= 4 is 25.6 Å². The predicted octanol–water partition coefficient (Wildman–Crippen LogP) is 2.02. The van der Waals surface area contributed by atoms with Crippen LogP contribution in [0.25, 0.3) is 0 Å². The maximum atomic E-state index is 8.59. The van der Waals surface area contributed by atoms with Crippen LogP contribution in [-0.4, -0.2) is 16.6 Å². The first-order valence-corrected chi connectivity index (χ1v) is 8.97. The summed E-state index contributed by atoms with van der Waals surface area (Å²) in [4.78, 5) is 15.6. The molecular weight excluding hydrogens is 295 g/mol. The van der Waals surface area contributed by atoms with E-state index >= 15 is 0 Å². The molecule has 0 aliphatic heterocycles. The third-order valence-electron chi connectivity index (χ3n) is 2.85. The zero-order chi connectivity index (χ0) is 15.6. The molecule has 5 N–H and O–H groups in total. The number of hydrogen-bond acceptors (Lipinski definition) is 3. The summed E-state index contributed by atoms with van der Waals surface area (Å²) in [6.07, 6.45) is 13.8. The molecule has 0 aromatic heterocycles. The highest BCUT2D eigenvalue weighted by Crippen LogP contribution is 2.10. The van der Waals surface area contributed by atoms with Crippen LogP contribution in [0.1, 0.15) is 71.1 Å². The fourth-order valence-electron chi connectivity index (χ4n) is 1.84. The maximum Gasteiger partial charge on any atom is 0.485 e. The fraction of sp³-hybridized carbons (Fsp3) is 0.923. The molecule has 0 spiro atoms. The summed E-state index contributed by atoms with van der Waals surface area (Å²) in [5.74, 6) is 0. The molecule has 1 unspecified atom stereocenters. The third-order valence-corrected chi connectivity index (χ3v) is 3.00. The molecule has 5 nitrogen and oxygen atoms in total. The van der Waals surface area contributed by atoms with Crippen LogP contribution in [0.15, 0.2) is 0 Å². The van der Waals surface area contributed by atoms with E-state index in [0.29, 0.717) is 5.11 Å². The van der Waals surface area contributed by atoms with Crippen molar-refractivity contribution in [3.05, 3.63) is 0 Å². The topological polar surface area (TPSA) is 100 Å². The van der Waals surface area contributed by atoms with E-state index in [1.807, 2.05) is 0 Å². The summed E-state index contributed by atoms with van der Waals surface area (Å²) in [7, 11) is -3.12. The van der Waals surface area contributed by atoms with E-state index in [4.69, 9.17) is 26.6 Å². The normalized spacial score (nSPS) is 10.5. The number of nitrogens with one attached hydrogen (secondary N) is 1. The van der Waals surface area contributed by atoms with Gasteiger partial charge in [0, 0.05) is 18.8 Å². The van der Waals surface area contributed by atoms with E-state index < -0.39 is 8.25 Å². The molecule has 0 aliphatic carbocycles. The fourth-order valence-corrected chi connectivity index (χ4v) is 1.94. The smallest absolute Gasteiger partial charge is 0.485 e. The Morgan fingerprint density at radius 2 is 1.45 bits per heavy atom. The van der Waals surface area contributed by atoms with E-state index in [9.17, 15) is 0 Å². The first-order valence-electron chi connectivity index (χ1n) is 7.43. The average Bonchev–Trinajstić information content (AvgIpc) is 2.35. The Morgan fingerprint density at radius 1 is 1.10 bits per heavy atom. The quantitative estimate of drug-likeness (QED) is 0.306. The lowest BCUT2D eigenvalue weighted by atomic mass is 10.1. The molecule has 0 radical (unpaired) electrons. The molecule has 0 aromatic carbocycles. The predicted molar refractivity (Wildman–Crippen MR) is 85.2 cm³/mol. The largest absolute Gasteiger partial charge is 0.567 e. The summed E-state index contributed by atoms with van der Waals surface area (Å²) in [5.41, 5.74) is 3.64. The Bertz CT molecular complexity index is 240. The molecule has 0 rings (SSSR count). The molecule has 0 heterocycles. The Hall–Kier alpha value is -0.130. The van der Waals surface area contributed by atoms with Crippen molar-refractivity contribution in [2.45, 2.75) is 71.1 Å². The van der Waals surface area contributed by atoms with Crippen molar-refractivity contribution in [3.63, 3.8) is 0 Å². The molecule has 7 heteroatoms. The van der Waals surface area contributed by atoms with Crippen molar-refractivity contribution in [1.29, 1.82) is 0 Å². The molecule has 0 aliphatic rings. The van der Waals surface area contributed by atoms with Crippen LogP contribution in [0.4, 0.5) is 0 Å². The van der Waals surface area contributed by atoms with Crippen LogP contribution in [0.2, 0.25) is 0 Å². The Labute approximate surface area is 129 Å². The van der Waals surface area contributed by atoms with Crippen LogP contribution >= 0.6 is 20.5 Å². The van der Waals surface area contributed by atoms with Gasteiger partial charge in [-0.2, -0.15) is 4.89 Å².